The summed E-state index contributed by atoms with van der Waals surface area (Å²) in [6.45, 7) is -0.394. The number of ether oxygens (including phenoxy) is 1. The second-order valence-corrected chi connectivity index (χ2v) is 6.76. The molecular weight excluding hydrogens is 350 g/mol. The molecule has 10 heteroatoms. The standard InChI is InChI=1S/C15H15N3O6S/c1-25(22,23)17-14-8-3-2-7-13(14)16-15(19)10-24-12-6-4-5-11(9-12)18(20)21/h2-9,17H,10H2,1H3,(H,16,19). The molecule has 0 aromatic heterocycles. The van der Waals surface area contributed by atoms with Gasteiger partial charge in [0.1, 0.15) is 5.75 Å². The summed E-state index contributed by atoms with van der Waals surface area (Å²) in [7, 11) is -3.50. The molecule has 2 aromatic carbocycles. The molecule has 2 rings (SSSR count). The van der Waals surface area contributed by atoms with Crippen LogP contribution in [0, 0.1) is 10.1 Å². The fourth-order valence-corrected chi connectivity index (χ4v) is 2.48. The highest BCUT2D eigenvalue weighted by atomic mass is 32.2. The third-order valence-corrected chi connectivity index (χ3v) is 3.49. The van der Waals surface area contributed by atoms with Gasteiger partial charge in [-0.05, 0) is 18.2 Å². The molecule has 0 aliphatic carbocycles. The highest BCUT2D eigenvalue weighted by molar-refractivity contribution is 7.92. The molecular formula is C15H15N3O6S. The van der Waals surface area contributed by atoms with Crippen molar-refractivity contribution in [2.45, 2.75) is 0 Å². The molecule has 2 N–H and O–H groups in total. The summed E-state index contributed by atoms with van der Waals surface area (Å²) in [5.74, 6) is -0.374. The number of non-ortho nitro benzene ring substituents is 1. The van der Waals surface area contributed by atoms with Gasteiger partial charge in [-0.2, -0.15) is 0 Å². The molecule has 1 amide bonds. The minimum atomic E-state index is -3.50. The molecule has 2 aromatic rings. The largest absolute Gasteiger partial charge is 0.484 e. The quantitative estimate of drug-likeness (QED) is 0.570. The highest BCUT2D eigenvalue weighted by Crippen LogP contribution is 2.22. The summed E-state index contributed by atoms with van der Waals surface area (Å²) < 4.78 is 30.2. The molecule has 0 saturated carbocycles. The number of nitrogens with one attached hydrogen (secondary N) is 2. The van der Waals surface area contributed by atoms with Crippen molar-refractivity contribution in [1.82, 2.24) is 0 Å². The van der Waals surface area contributed by atoms with Crippen LogP contribution in [0.15, 0.2) is 48.5 Å². The van der Waals surface area contributed by atoms with E-state index in [1.54, 1.807) is 12.1 Å². The van der Waals surface area contributed by atoms with Gasteiger partial charge in [0, 0.05) is 6.07 Å². The summed E-state index contributed by atoms with van der Waals surface area (Å²) in [6.07, 6.45) is 0.997. The third-order valence-electron chi connectivity index (χ3n) is 2.89. The number of nitrogens with zero attached hydrogens (tertiary/aromatic N) is 1. The van der Waals surface area contributed by atoms with Crippen LogP contribution >= 0.6 is 0 Å². The number of hydrogen-bond acceptors (Lipinski definition) is 6. The van der Waals surface area contributed by atoms with Gasteiger partial charge in [0.15, 0.2) is 6.61 Å². The van der Waals surface area contributed by atoms with Crippen LogP contribution in [-0.4, -0.2) is 32.1 Å². The van der Waals surface area contributed by atoms with Crippen LogP contribution in [0.2, 0.25) is 0 Å². The predicted molar refractivity (Wildman–Crippen MR) is 92.1 cm³/mol. The first-order valence-corrected chi connectivity index (χ1v) is 8.88. The van der Waals surface area contributed by atoms with Crippen molar-refractivity contribution in [2.75, 3.05) is 22.9 Å². The molecule has 9 nitrogen and oxygen atoms in total. The van der Waals surface area contributed by atoms with Gasteiger partial charge < -0.3 is 10.1 Å². The van der Waals surface area contributed by atoms with Gasteiger partial charge in [-0.15, -0.1) is 0 Å². The van der Waals surface area contributed by atoms with Crippen molar-refractivity contribution in [3.8, 4) is 5.75 Å². The Hall–Kier alpha value is -3.14. The van der Waals surface area contributed by atoms with Gasteiger partial charge in [-0.3, -0.25) is 19.6 Å². The van der Waals surface area contributed by atoms with Crippen molar-refractivity contribution in [3.05, 3.63) is 58.6 Å². The third kappa shape index (κ3) is 5.77. The zero-order chi connectivity index (χ0) is 18.4. The minimum Gasteiger partial charge on any atom is -0.484 e. The first-order chi connectivity index (χ1) is 11.7. The number of rotatable bonds is 7. The molecule has 0 radical (unpaired) electrons. The van der Waals surface area contributed by atoms with Crippen LogP contribution < -0.4 is 14.8 Å². The van der Waals surface area contributed by atoms with Crippen molar-refractivity contribution >= 4 is 33.0 Å². The van der Waals surface area contributed by atoms with E-state index in [0.29, 0.717) is 0 Å². The molecule has 0 aliphatic heterocycles. The summed E-state index contributed by atoms with van der Waals surface area (Å²) in [4.78, 5) is 22.1. The number of benzene rings is 2. The normalized spacial score (nSPS) is 10.8. The van der Waals surface area contributed by atoms with Gasteiger partial charge in [0.25, 0.3) is 11.6 Å². The maximum atomic E-state index is 12.0. The average molecular weight is 365 g/mol. The van der Waals surface area contributed by atoms with E-state index in [1.807, 2.05) is 0 Å². The SMILES string of the molecule is CS(=O)(=O)Nc1ccccc1NC(=O)COc1cccc([N+](=O)[O-])c1. The second kappa shape index (κ2) is 7.62. The fraction of sp³-hybridized carbons (Fsp3) is 0.133. The Morgan fingerprint density at radius 2 is 1.84 bits per heavy atom. The first kappa shape index (κ1) is 18.2. The second-order valence-electron chi connectivity index (χ2n) is 5.01. The van der Waals surface area contributed by atoms with Crippen LogP contribution in [0.1, 0.15) is 0 Å². The Morgan fingerprint density at radius 3 is 2.48 bits per heavy atom. The zero-order valence-electron chi connectivity index (χ0n) is 13.1. The number of carbonyl (C=O) groups is 1. The average Bonchev–Trinajstić information content (AvgIpc) is 2.54. The highest BCUT2D eigenvalue weighted by Gasteiger charge is 2.11. The molecule has 0 bridgehead atoms. The number of nitro groups is 1. The molecule has 0 atom stereocenters. The van der Waals surface area contributed by atoms with Gasteiger partial charge in [-0.1, -0.05) is 18.2 Å². The van der Waals surface area contributed by atoms with E-state index in [-0.39, 0.29) is 22.8 Å². The van der Waals surface area contributed by atoms with E-state index in [1.165, 1.54) is 36.4 Å². The lowest BCUT2D eigenvalue weighted by Crippen LogP contribution is -2.21. The Labute approximate surface area is 143 Å². The van der Waals surface area contributed by atoms with Crippen LogP contribution in [0.5, 0.6) is 5.75 Å². The lowest BCUT2D eigenvalue weighted by molar-refractivity contribution is -0.384. The molecule has 0 heterocycles. The molecule has 0 fully saturated rings. The van der Waals surface area contributed by atoms with Crippen LogP contribution in [0.3, 0.4) is 0 Å². The van der Waals surface area contributed by atoms with Crippen LogP contribution in [0.25, 0.3) is 0 Å². The molecule has 0 unspecified atom stereocenters. The number of hydrogen-bond donors (Lipinski definition) is 2. The van der Waals surface area contributed by atoms with E-state index < -0.39 is 27.5 Å². The van der Waals surface area contributed by atoms with Crippen molar-refractivity contribution in [1.29, 1.82) is 0 Å². The molecule has 0 saturated heterocycles. The fourth-order valence-electron chi connectivity index (χ4n) is 1.90. The maximum Gasteiger partial charge on any atom is 0.273 e. The summed E-state index contributed by atoms with van der Waals surface area (Å²) in [5.41, 5.74) is 0.329. The van der Waals surface area contributed by atoms with Crippen LogP contribution in [-0.2, 0) is 14.8 Å². The van der Waals surface area contributed by atoms with Gasteiger partial charge in [-0.25, -0.2) is 8.42 Å². The van der Waals surface area contributed by atoms with Gasteiger partial charge in [0.2, 0.25) is 10.0 Å². The van der Waals surface area contributed by atoms with E-state index >= 15 is 0 Å². The minimum absolute atomic E-state index is 0.152. The molecule has 25 heavy (non-hydrogen) atoms. The number of carbonyl (C=O) groups excluding carboxylic acids is 1. The van der Waals surface area contributed by atoms with E-state index in [9.17, 15) is 23.3 Å². The number of amides is 1. The predicted octanol–water partition coefficient (Wildman–Crippen LogP) is 1.98. The topological polar surface area (TPSA) is 128 Å². The number of sulfonamides is 1. The Morgan fingerprint density at radius 1 is 1.16 bits per heavy atom. The van der Waals surface area contributed by atoms with Crippen molar-refractivity contribution in [2.24, 2.45) is 0 Å². The van der Waals surface area contributed by atoms with Crippen molar-refractivity contribution in [3.63, 3.8) is 0 Å². The monoisotopic (exact) mass is 365 g/mol. The molecule has 132 valence electrons. The molecule has 0 spiro atoms. The Kier molecular flexibility index (Phi) is 5.55. The lowest BCUT2D eigenvalue weighted by atomic mass is 10.2. The summed E-state index contributed by atoms with van der Waals surface area (Å²) in [6, 6.07) is 11.7. The smallest absolute Gasteiger partial charge is 0.273 e. The number of anilines is 2. The van der Waals surface area contributed by atoms with Gasteiger partial charge in [0.05, 0.1) is 28.6 Å². The summed E-state index contributed by atoms with van der Waals surface area (Å²) >= 11 is 0. The molecule has 0 aliphatic rings. The van der Waals surface area contributed by atoms with Gasteiger partial charge >= 0.3 is 0 Å². The van der Waals surface area contributed by atoms with Crippen LogP contribution in [0.4, 0.5) is 17.1 Å². The van der Waals surface area contributed by atoms with E-state index in [2.05, 4.69) is 10.0 Å². The summed E-state index contributed by atoms with van der Waals surface area (Å²) in [5, 5.41) is 13.2. The Bertz CT molecular complexity index is 898. The van der Waals surface area contributed by atoms with Crippen molar-refractivity contribution < 1.29 is 22.9 Å². The first-order valence-electron chi connectivity index (χ1n) is 6.98. The zero-order valence-corrected chi connectivity index (χ0v) is 13.9. The van der Waals surface area contributed by atoms with E-state index in [4.69, 9.17) is 4.74 Å². The Balaban J connectivity index is 2.01. The maximum absolute atomic E-state index is 12.0. The number of para-hydroxylation sites is 2. The van der Waals surface area contributed by atoms with E-state index in [0.717, 1.165) is 6.26 Å². The lowest BCUT2D eigenvalue weighted by Gasteiger charge is -2.12. The number of nitro benzene ring substituents is 1.